The Kier molecular flexibility index (Phi) is 3.24. The van der Waals surface area contributed by atoms with Gasteiger partial charge in [0.05, 0.1) is 11.1 Å². The van der Waals surface area contributed by atoms with E-state index in [1.165, 1.54) is 6.08 Å². The van der Waals surface area contributed by atoms with E-state index in [2.05, 4.69) is 5.32 Å². The highest BCUT2D eigenvalue weighted by Crippen LogP contribution is 2.49. The van der Waals surface area contributed by atoms with Gasteiger partial charge >= 0.3 is 12.1 Å². The van der Waals surface area contributed by atoms with Crippen LogP contribution in [0.2, 0.25) is 0 Å². The summed E-state index contributed by atoms with van der Waals surface area (Å²) in [6, 6.07) is 0. The molecule has 1 amide bonds. The molecule has 19 heavy (non-hydrogen) atoms. The second-order valence-corrected chi connectivity index (χ2v) is 5.17. The van der Waals surface area contributed by atoms with Crippen molar-refractivity contribution in [1.82, 2.24) is 5.32 Å². The van der Waals surface area contributed by atoms with Gasteiger partial charge in [-0.1, -0.05) is 31.2 Å². The van der Waals surface area contributed by atoms with E-state index in [1.807, 2.05) is 0 Å². The van der Waals surface area contributed by atoms with Crippen molar-refractivity contribution < 1.29 is 23.1 Å². The zero-order chi connectivity index (χ0) is 14.3. The second-order valence-electron chi connectivity index (χ2n) is 5.17. The molecule has 106 valence electrons. The third kappa shape index (κ3) is 2.54. The van der Waals surface area contributed by atoms with E-state index in [4.69, 9.17) is 0 Å². The summed E-state index contributed by atoms with van der Waals surface area (Å²) >= 11 is 0. The minimum Gasteiger partial charge on any atom is -0.389 e. The number of hydrogen-bond donors (Lipinski definition) is 2. The summed E-state index contributed by atoms with van der Waals surface area (Å²) in [6.45, 7) is 1.69. The Morgan fingerprint density at radius 2 is 2.05 bits per heavy atom. The van der Waals surface area contributed by atoms with Gasteiger partial charge in [0.1, 0.15) is 0 Å². The summed E-state index contributed by atoms with van der Waals surface area (Å²) in [7, 11) is 0. The zero-order valence-electron chi connectivity index (χ0n) is 10.5. The topological polar surface area (TPSA) is 49.3 Å². The summed E-state index contributed by atoms with van der Waals surface area (Å²) in [5, 5.41) is 12.3. The monoisotopic (exact) mass is 275 g/mol. The van der Waals surface area contributed by atoms with Gasteiger partial charge < -0.3 is 10.4 Å². The fourth-order valence-corrected chi connectivity index (χ4v) is 2.60. The predicted molar refractivity (Wildman–Crippen MR) is 63.2 cm³/mol. The van der Waals surface area contributed by atoms with Crippen molar-refractivity contribution in [1.29, 1.82) is 0 Å². The van der Waals surface area contributed by atoms with E-state index < -0.39 is 29.1 Å². The Morgan fingerprint density at radius 3 is 2.53 bits per heavy atom. The van der Waals surface area contributed by atoms with Crippen molar-refractivity contribution in [3.63, 3.8) is 0 Å². The number of alkyl halides is 3. The fourth-order valence-electron chi connectivity index (χ4n) is 2.60. The van der Waals surface area contributed by atoms with E-state index in [0.717, 1.165) is 0 Å². The molecule has 0 heterocycles. The molecule has 0 spiro atoms. The average molecular weight is 275 g/mol. The first-order chi connectivity index (χ1) is 8.73. The van der Waals surface area contributed by atoms with Gasteiger partial charge in [-0.3, -0.25) is 4.79 Å². The Morgan fingerprint density at radius 1 is 1.42 bits per heavy atom. The molecule has 0 radical (unpaired) electrons. The molecule has 2 N–H and O–H groups in total. The van der Waals surface area contributed by atoms with Crippen molar-refractivity contribution in [3.8, 4) is 0 Å². The van der Waals surface area contributed by atoms with Crippen molar-refractivity contribution in [2.24, 2.45) is 5.92 Å². The van der Waals surface area contributed by atoms with Crippen LogP contribution in [-0.4, -0.2) is 28.3 Å². The lowest BCUT2D eigenvalue weighted by Gasteiger charge is -2.41. The molecule has 1 unspecified atom stereocenters. The number of allylic oxidation sites excluding steroid dienone is 2. The van der Waals surface area contributed by atoms with Crippen molar-refractivity contribution in [2.45, 2.75) is 43.5 Å². The fraction of sp³-hybridized carbons (Fsp3) is 0.615. The SMILES string of the molecule is CC[C@@]1(NC(=O)C(F)(F)F)C=CC=CC1C1(O)CC1. The van der Waals surface area contributed by atoms with Gasteiger partial charge in [-0.05, 0) is 19.3 Å². The van der Waals surface area contributed by atoms with E-state index in [1.54, 1.807) is 25.2 Å². The molecular weight excluding hydrogens is 259 g/mol. The number of carbonyl (C=O) groups is 1. The lowest BCUT2D eigenvalue weighted by atomic mass is 9.74. The molecule has 0 bridgehead atoms. The number of nitrogens with one attached hydrogen (secondary N) is 1. The van der Waals surface area contributed by atoms with Crippen LogP contribution in [0.5, 0.6) is 0 Å². The maximum Gasteiger partial charge on any atom is 0.471 e. The molecule has 6 heteroatoms. The second kappa shape index (κ2) is 4.37. The number of hydrogen-bond acceptors (Lipinski definition) is 2. The minimum absolute atomic E-state index is 0.280. The van der Waals surface area contributed by atoms with Crippen LogP contribution in [-0.2, 0) is 4.79 Å². The highest BCUT2D eigenvalue weighted by Gasteiger charge is 2.56. The zero-order valence-corrected chi connectivity index (χ0v) is 10.5. The van der Waals surface area contributed by atoms with Crippen LogP contribution in [0, 0.1) is 5.92 Å². The number of rotatable bonds is 3. The third-order valence-electron chi connectivity index (χ3n) is 3.89. The first-order valence-electron chi connectivity index (χ1n) is 6.21. The van der Waals surface area contributed by atoms with Gasteiger partial charge in [-0.2, -0.15) is 13.2 Å². The Hall–Kier alpha value is -1.30. The van der Waals surface area contributed by atoms with Crippen LogP contribution in [0.4, 0.5) is 13.2 Å². The summed E-state index contributed by atoms with van der Waals surface area (Å²) in [5.41, 5.74) is -2.18. The highest BCUT2D eigenvalue weighted by atomic mass is 19.4. The van der Waals surface area contributed by atoms with Gasteiger partial charge in [0.15, 0.2) is 0 Å². The van der Waals surface area contributed by atoms with Crippen molar-refractivity contribution in [3.05, 3.63) is 24.3 Å². The van der Waals surface area contributed by atoms with E-state index >= 15 is 0 Å². The Labute approximate surface area is 109 Å². The third-order valence-corrected chi connectivity index (χ3v) is 3.89. The number of amides is 1. The Balaban J connectivity index is 2.27. The van der Waals surface area contributed by atoms with Crippen molar-refractivity contribution >= 4 is 5.91 Å². The van der Waals surface area contributed by atoms with E-state index in [9.17, 15) is 23.1 Å². The average Bonchev–Trinajstić information content (AvgIpc) is 3.07. The minimum atomic E-state index is -4.92. The van der Waals surface area contributed by atoms with Gasteiger partial charge in [0.2, 0.25) is 0 Å². The van der Waals surface area contributed by atoms with Crippen LogP contribution in [0.3, 0.4) is 0 Å². The van der Waals surface area contributed by atoms with Crippen LogP contribution in [0.15, 0.2) is 24.3 Å². The summed E-state index contributed by atoms with van der Waals surface area (Å²) < 4.78 is 37.3. The summed E-state index contributed by atoms with van der Waals surface area (Å²) in [5.74, 6) is -2.50. The normalized spacial score (nSPS) is 32.2. The maximum absolute atomic E-state index is 12.4. The maximum atomic E-state index is 12.4. The number of aliphatic hydroxyl groups is 1. The molecule has 0 aromatic heterocycles. The molecule has 2 rings (SSSR count). The Bertz CT molecular complexity index is 438. The molecule has 0 aromatic rings. The standard InChI is InChI=1S/C13H16F3NO2/c1-2-11(17-10(18)13(14,15)16)6-4-3-5-9(11)12(19)7-8-12/h3-6,9,19H,2,7-8H2,1H3,(H,17,18)/t9?,11-/m1/s1. The largest absolute Gasteiger partial charge is 0.471 e. The molecule has 2 atom stereocenters. The number of carbonyl (C=O) groups excluding carboxylic acids is 1. The predicted octanol–water partition coefficient (Wildman–Crippen LogP) is 2.08. The first kappa shape index (κ1) is 14.1. The van der Waals surface area contributed by atoms with Crippen LogP contribution < -0.4 is 5.32 Å². The number of halogens is 3. The lowest BCUT2D eigenvalue weighted by molar-refractivity contribution is -0.176. The first-order valence-corrected chi connectivity index (χ1v) is 6.21. The molecule has 0 saturated heterocycles. The van der Waals surface area contributed by atoms with Gasteiger partial charge in [-0.15, -0.1) is 0 Å². The highest BCUT2D eigenvalue weighted by molar-refractivity contribution is 5.83. The molecule has 0 aliphatic heterocycles. The molecule has 0 aromatic carbocycles. The van der Waals surface area contributed by atoms with Gasteiger partial charge in [0.25, 0.3) is 0 Å². The van der Waals surface area contributed by atoms with Crippen molar-refractivity contribution in [2.75, 3.05) is 0 Å². The summed E-state index contributed by atoms with van der Waals surface area (Å²) in [6.07, 6.45) is 2.94. The van der Waals surface area contributed by atoms with Crippen LogP contribution >= 0.6 is 0 Å². The molecule has 3 nitrogen and oxygen atoms in total. The van der Waals surface area contributed by atoms with Crippen LogP contribution in [0.1, 0.15) is 26.2 Å². The van der Waals surface area contributed by atoms with Gasteiger partial charge in [-0.25, -0.2) is 0 Å². The molecule has 2 aliphatic carbocycles. The lowest BCUT2D eigenvalue weighted by Crippen LogP contribution is -2.58. The molecule has 1 saturated carbocycles. The molecule has 2 aliphatic rings. The summed E-state index contributed by atoms with van der Waals surface area (Å²) in [4.78, 5) is 11.2. The molecular formula is C13H16F3NO2. The van der Waals surface area contributed by atoms with Crippen LogP contribution in [0.25, 0.3) is 0 Å². The quantitative estimate of drug-likeness (QED) is 0.828. The van der Waals surface area contributed by atoms with E-state index in [-0.39, 0.29) is 6.42 Å². The molecule has 1 fully saturated rings. The van der Waals surface area contributed by atoms with E-state index in [0.29, 0.717) is 12.8 Å². The smallest absolute Gasteiger partial charge is 0.389 e. The van der Waals surface area contributed by atoms with Gasteiger partial charge in [0, 0.05) is 5.92 Å².